The van der Waals surface area contributed by atoms with Gasteiger partial charge in [-0.15, -0.1) is 0 Å². The molecule has 8 nitrogen and oxygen atoms in total. The van der Waals surface area contributed by atoms with Crippen LogP contribution in [0.1, 0.15) is 43.7 Å². The van der Waals surface area contributed by atoms with Crippen LogP contribution in [0.2, 0.25) is 0 Å². The maximum Gasteiger partial charge on any atom is 0.146 e. The minimum atomic E-state index is -0.468. The maximum atomic E-state index is 10.5. The lowest BCUT2D eigenvalue weighted by molar-refractivity contribution is 0.0643. The molecule has 1 saturated heterocycles. The first-order valence-electron chi connectivity index (χ1n) is 14.2. The van der Waals surface area contributed by atoms with E-state index in [2.05, 4.69) is 55.2 Å². The Morgan fingerprint density at radius 2 is 1.85 bits per heavy atom. The summed E-state index contributed by atoms with van der Waals surface area (Å²) in [6.45, 7) is 4.25. The fraction of sp³-hybridized carbons (Fsp3) is 0.419. The van der Waals surface area contributed by atoms with Gasteiger partial charge < -0.3 is 20.1 Å². The Morgan fingerprint density at radius 3 is 2.67 bits per heavy atom. The van der Waals surface area contributed by atoms with Crippen LogP contribution in [0.25, 0.3) is 22.2 Å². The van der Waals surface area contributed by atoms with E-state index in [0.717, 1.165) is 65.9 Å². The zero-order valence-electron chi connectivity index (χ0n) is 22.4. The number of anilines is 1. The molecule has 8 heteroatoms. The SMILES string of the molecule is Nc1ncnc2c1c(-c1cccc(OCc3ccccc3)c1)cn2C1CC(CN[C@H](O)CN2CCCCC2)C1. The van der Waals surface area contributed by atoms with Gasteiger partial charge in [-0.1, -0.05) is 48.9 Å². The average Bonchev–Trinajstić information content (AvgIpc) is 3.33. The molecule has 39 heavy (non-hydrogen) atoms. The molecule has 4 N–H and O–H groups in total. The summed E-state index contributed by atoms with van der Waals surface area (Å²) in [4.78, 5) is 11.3. The topological polar surface area (TPSA) is 101 Å². The van der Waals surface area contributed by atoms with Crippen LogP contribution in [0.4, 0.5) is 5.82 Å². The summed E-state index contributed by atoms with van der Waals surface area (Å²) in [5.41, 5.74) is 10.4. The molecule has 0 bridgehead atoms. The molecule has 0 spiro atoms. The molecule has 2 aromatic carbocycles. The van der Waals surface area contributed by atoms with Crippen LogP contribution in [-0.2, 0) is 6.61 Å². The summed E-state index contributed by atoms with van der Waals surface area (Å²) in [5.74, 6) is 1.83. The number of piperidine rings is 1. The summed E-state index contributed by atoms with van der Waals surface area (Å²) in [5, 5.41) is 14.7. The zero-order valence-corrected chi connectivity index (χ0v) is 22.4. The van der Waals surface area contributed by atoms with Gasteiger partial charge in [0.1, 0.15) is 36.4 Å². The third-order valence-corrected chi connectivity index (χ3v) is 8.16. The van der Waals surface area contributed by atoms with Crippen molar-refractivity contribution in [2.24, 2.45) is 5.92 Å². The van der Waals surface area contributed by atoms with E-state index in [9.17, 15) is 5.11 Å². The van der Waals surface area contributed by atoms with E-state index in [1.54, 1.807) is 6.33 Å². The lowest BCUT2D eigenvalue weighted by Crippen LogP contribution is -2.45. The van der Waals surface area contributed by atoms with Gasteiger partial charge in [-0.25, -0.2) is 9.97 Å². The van der Waals surface area contributed by atoms with Gasteiger partial charge in [0, 0.05) is 30.9 Å². The Labute approximate surface area is 229 Å². The number of likely N-dealkylation sites (tertiary alicyclic amines) is 1. The molecule has 2 fully saturated rings. The fourth-order valence-corrected chi connectivity index (χ4v) is 5.95. The van der Waals surface area contributed by atoms with Crippen molar-refractivity contribution < 1.29 is 9.84 Å². The number of hydrogen-bond acceptors (Lipinski definition) is 7. The first-order valence-corrected chi connectivity index (χ1v) is 14.2. The van der Waals surface area contributed by atoms with E-state index in [1.165, 1.54) is 19.3 Å². The van der Waals surface area contributed by atoms with Gasteiger partial charge in [0.15, 0.2) is 0 Å². The molecule has 2 aromatic heterocycles. The van der Waals surface area contributed by atoms with Gasteiger partial charge >= 0.3 is 0 Å². The lowest BCUT2D eigenvalue weighted by atomic mass is 9.80. The number of nitrogens with one attached hydrogen (secondary N) is 1. The number of hydrogen-bond donors (Lipinski definition) is 3. The summed E-state index contributed by atoms with van der Waals surface area (Å²) in [7, 11) is 0. The van der Waals surface area contributed by atoms with Gasteiger partial charge in [0.05, 0.1) is 5.39 Å². The number of aliphatic hydroxyl groups is 1. The summed E-state index contributed by atoms with van der Waals surface area (Å²) in [6, 6.07) is 18.7. The first kappa shape index (κ1) is 25.8. The minimum absolute atomic E-state index is 0.346. The van der Waals surface area contributed by atoms with Gasteiger partial charge in [0.2, 0.25) is 0 Å². The van der Waals surface area contributed by atoms with E-state index in [0.29, 0.717) is 30.9 Å². The highest BCUT2D eigenvalue weighted by molar-refractivity contribution is 6.00. The molecular formula is C31H38N6O2. The third-order valence-electron chi connectivity index (χ3n) is 8.16. The molecular weight excluding hydrogens is 488 g/mol. The maximum absolute atomic E-state index is 10.5. The van der Waals surface area contributed by atoms with Gasteiger partial charge in [-0.2, -0.15) is 0 Å². The Bertz CT molecular complexity index is 1380. The molecule has 1 atom stereocenters. The number of nitrogens with zero attached hydrogens (tertiary/aromatic N) is 4. The van der Waals surface area contributed by atoms with Crippen molar-refractivity contribution in [2.75, 3.05) is 31.9 Å². The van der Waals surface area contributed by atoms with Crippen molar-refractivity contribution >= 4 is 16.9 Å². The van der Waals surface area contributed by atoms with Crippen LogP contribution in [-0.4, -0.2) is 56.9 Å². The van der Waals surface area contributed by atoms with Crippen LogP contribution in [0.5, 0.6) is 5.75 Å². The number of fused-ring (bicyclic) bond motifs is 1. The summed E-state index contributed by atoms with van der Waals surface area (Å²) in [6.07, 6.45) is 9.12. The van der Waals surface area contributed by atoms with Gasteiger partial charge in [-0.3, -0.25) is 10.2 Å². The molecule has 6 rings (SSSR count). The second-order valence-corrected chi connectivity index (χ2v) is 11.0. The number of β-amino-alcohol motifs (C(OH)–C–C–N with tert-alkyl or cyclic N) is 1. The third kappa shape index (κ3) is 5.93. The number of nitrogen functional groups attached to an aromatic ring is 1. The first-order chi connectivity index (χ1) is 19.1. The number of benzene rings is 2. The Kier molecular flexibility index (Phi) is 7.76. The number of aromatic nitrogens is 3. The predicted octanol–water partition coefficient (Wildman–Crippen LogP) is 4.60. The molecule has 1 saturated carbocycles. The highest BCUT2D eigenvalue weighted by Gasteiger charge is 2.33. The summed E-state index contributed by atoms with van der Waals surface area (Å²) >= 11 is 0. The Hall–Kier alpha value is -3.46. The largest absolute Gasteiger partial charge is 0.489 e. The van der Waals surface area contributed by atoms with Crippen LogP contribution >= 0.6 is 0 Å². The smallest absolute Gasteiger partial charge is 0.146 e. The number of aliphatic hydroxyl groups excluding tert-OH is 1. The highest BCUT2D eigenvalue weighted by Crippen LogP contribution is 2.43. The summed E-state index contributed by atoms with van der Waals surface area (Å²) < 4.78 is 8.36. The second kappa shape index (κ2) is 11.7. The van der Waals surface area contributed by atoms with Gasteiger partial charge in [-0.05, 0) is 68.0 Å². The van der Waals surface area contributed by atoms with Crippen molar-refractivity contribution in [3.05, 3.63) is 72.7 Å². The number of rotatable bonds is 10. The van der Waals surface area contributed by atoms with Crippen molar-refractivity contribution in [1.29, 1.82) is 0 Å². The predicted molar refractivity (Wildman–Crippen MR) is 154 cm³/mol. The average molecular weight is 527 g/mol. The van der Waals surface area contributed by atoms with Crippen molar-refractivity contribution in [1.82, 2.24) is 24.8 Å². The monoisotopic (exact) mass is 526 g/mol. The van der Waals surface area contributed by atoms with E-state index >= 15 is 0 Å². The lowest BCUT2D eigenvalue weighted by Gasteiger charge is -2.37. The van der Waals surface area contributed by atoms with Crippen LogP contribution < -0.4 is 15.8 Å². The quantitative estimate of drug-likeness (QED) is 0.260. The molecule has 204 valence electrons. The van der Waals surface area contributed by atoms with E-state index in [1.807, 2.05) is 30.3 Å². The minimum Gasteiger partial charge on any atom is -0.489 e. The number of nitrogens with two attached hydrogens (primary N) is 1. The van der Waals surface area contributed by atoms with Crippen LogP contribution in [0, 0.1) is 5.92 Å². The van der Waals surface area contributed by atoms with Crippen LogP contribution in [0.15, 0.2) is 67.1 Å². The van der Waals surface area contributed by atoms with Crippen molar-refractivity contribution in [3.63, 3.8) is 0 Å². The molecule has 4 aromatic rings. The molecule has 0 amide bonds. The molecule has 1 aliphatic carbocycles. The van der Waals surface area contributed by atoms with Crippen molar-refractivity contribution in [3.8, 4) is 16.9 Å². The molecule has 0 radical (unpaired) electrons. The zero-order chi connectivity index (χ0) is 26.6. The van der Waals surface area contributed by atoms with E-state index in [-0.39, 0.29) is 0 Å². The fourth-order valence-electron chi connectivity index (χ4n) is 5.95. The standard InChI is InChI=1S/C31H38N6O2/c32-30-29-27(24-10-7-11-26(16-24)39-20-22-8-3-1-4-9-22)18-37(31(29)35-21-34-30)25-14-23(15-25)17-33-28(38)19-36-12-5-2-6-13-36/h1,3-4,7-11,16,18,21,23,25,28,33,38H,2,5-6,12-15,17,19-20H2,(H2,32,34,35)/t23?,25?,28-/m1/s1. The van der Waals surface area contributed by atoms with Crippen LogP contribution in [0.3, 0.4) is 0 Å². The van der Waals surface area contributed by atoms with Crippen molar-refractivity contribution in [2.45, 2.75) is 51.0 Å². The molecule has 3 heterocycles. The normalized spacial score (nSPS) is 20.5. The molecule has 1 aliphatic heterocycles. The number of ether oxygens (including phenoxy) is 1. The molecule has 2 aliphatic rings. The Morgan fingerprint density at radius 1 is 1.03 bits per heavy atom. The highest BCUT2D eigenvalue weighted by atomic mass is 16.5. The van der Waals surface area contributed by atoms with E-state index < -0.39 is 6.23 Å². The van der Waals surface area contributed by atoms with E-state index in [4.69, 9.17) is 10.5 Å². The molecule has 0 unspecified atom stereocenters. The van der Waals surface area contributed by atoms with Gasteiger partial charge in [0.25, 0.3) is 0 Å². The Balaban J connectivity index is 1.13. The second-order valence-electron chi connectivity index (χ2n) is 11.0.